The van der Waals surface area contributed by atoms with Crippen molar-refractivity contribution < 1.29 is 18.9 Å². The summed E-state index contributed by atoms with van der Waals surface area (Å²) in [6, 6.07) is 19.5. The predicted molar refractivity (Wildman–Crippen MR) is 116 cm³/mol. The second-order valence-corrected chi connectivity index (χ2v) is 6.89. The van der Waals surface area contributed by atoms with Crippen molar-refractivity contribution in [3.05, 3.63) is 99.8 Å². The number of carbonyl (C=O) groups excluding carboxylic acids is 2. The van der Waals surface area contributed by atoms with Crippen LogP contribution in [0.4, 0.5) is 17.1 Å². The zero-order valence-corrected chi connectivity index (χ0v) is 16.4. The van der Waals surface area contributed by atoms with Crippen LogP contribution in [0.15, 0.2) is 77.2 Å². The molecule has 0 unspecified atom stereocenters. The van der Waals surface area contributed by atoms with Crippen molar-refractivity contribution in [2.24, 2.45) is 0 Å². The molecule has 0 bridgehead atoms. The molecule has 8 nitrogen and oxygen atoms in total. The molecule has 31 heavy (non-hydrogen) atoms. The molecule has 0 atom stereocenters. The number of rotatable bonds is 5. The monoisotopic (exact) mass is 415 g/mol. The van der Waals surface area contributed by atoms with Gasteiger partial charge in [-0.05, 0) is 48.9 Å². The molecular weight excluding hydrogens is 398 g/mol. The number of non-ortho nitro benzene ring substituents is 1. The van der Waals surface area contributed by atoms with Crippen LogP contribution in [0.5, 0.6) is 0 Å². The smallest absolute Gasteiger partial charge is 0.291 e. The normalized spacial score (nSPS) is 10.6. The van der Waals surface area contributed by atoms with Gasteiger partial charge in [0.15, 0.2) is 5.76 Å². The summed E-state index contributed by atoms with van der Waals surface area (Å²) in [5, 5.41) is 17.2. The van der Waals surface area contributed by atoms with Crippen molar-refractivity contribution in [1.82, 2.24) is 0 Å². The van der Waals surface area contributed by atoms with Crippen LogP contribution in [-0.2, 0) is 0 Å². The Kier molecular flexibility index (Phi) is 5.19. The highest BCUT2D eigenvalue weighted by Crippen LogP contribution is 2.24. The van der Waals surface area contributed by atoms with Gasteiger partial charge in [-0.2, -0.15) is 0 Å². The summed E-state index contributed by atoms with van der Waals surface area (Å²) in [6.45, 7) is 1.79. The van der Waals surface area contributed by atoms with Crippen LogP contribution < -0.4 is 10.6 Å². The zero-order chi connectivity index (χ0) is 22.0. The lowest BCUT2D eigenvalue weighted by Crippen LogP contribution is -2.14. The van der Waals surface area contributed by atoms with E-state index in [-0.39, 0.29) is 22.9 Å². The Labute approximate surface area is 176 Å². The summed E-state index contributed by atoms with van der Waals surface area (Å²) >= 11 is 0. The van der Waals surface area contributed by atoms with E-state index in [9.17, 15) is 19.7 Å². The van der Waals surface area contributed by atoms with Gasteiger partial charge in [-0.1, -0.05) is 24.3 Å². The van der Waals surface area contributed by atoms with Crippen LogP contribution in [0.2, 0.25) is 0 Å². The van der Waals surface area contributed by atoms with Crippen molar-refractivity contribution >= 4 is 39.8 Å². The number of anilines is 2. The number of benzene rings is 3. The third-order valence-electron chi connectivity index (χ3n) is 4.70. The van der Waals surface area contributed by atoms with Gasteiger partial charge >= 0.3 is 0 Å². The van der Waals surface area contributed by atoms with Gasteiger partial charge in [0.1, 0.15) is 5.58 Å². The Bertz CT molecular complexity index is 1290. The number of furan rings is 1. The van der Waals surface area contributed by atoms with E-state index in [4.69, 9.17) is 4.42 Å². The molecule has 154 valence electrons. The number of fused-ring (bicyclic) bond motifs is 1. The molecule has 4 rings (SSSR count). The maximum atomic E-state index is 12.5. The molecule has 0 aliphatic carbocycles. The van der Waals surface area contributed by atoms with Crippen molar-refractivity contribution in [1.29, 1.82) is 0 Å². The minimum Gasteiger partial charge on any atom is -0.451 e. The fraction of sp³-hybridized carbons (Fsp3) is 0.0435. The van der Waals surface area contributed by atoms with E-state index in [1.807, 2.05) is 18.2 Å². The Hall–Kier alpha value is -4.46. The zero-order valence-electron chi connectivity index (χ0n) is 16.4. The van der Waals surface area contributed by atoms with Crippen molar-refractivity contribution in [2.75, 3.05) is 10.6 Å². The number of amides is 2. The summed E-state index contributed by atoms with van der Waals surface area (Å²) in [4.78, 5) is 35.3. The summed E-state index contributed by atoms with van der Waals surface area (Å²) in [5.74, 6) is -0.654. The molecule has 1 aromatic heterocycles. The van der Waals surface area contributed by atoms with E-state index in [0.717, 1.165) is 10.9 Å². The van der Waals surface area contributed by atoms with Crippen LogP contribution in [0, 0.1) is 17.0 Å². The van der Waals surface area contributed by atoms with Gasteiger partial charge in [-0.15, -0.1) is 0 Å². The van der Waals surface area contributed by atoms with Crippen LogP contribution >= 0.6 is 0 Å². The maximum Gasteiger partial charge on any atom is 0.291 e. The fourth-order valence-corrected chi connectivity index (χ4v) is 3.12. The van der Waals surface area contributed by atoms with Crippen molar-refractivity contribution in [2.45, 2.75) is 6.92 Å². The van der Waals surface area contributed by atoms with E-state index in [2.05, 4.69) is 10.6 Å². The topological polar surface area (TPSA) is 114 Å². The minimum absolute atomic E-state index is 0.160. The molecule has 0 aliphatic heterocycles. The van der Waals surface area contributed by atoms with Gasteiger partial charge in [0.2, 0.25) is 0 Å². The molecule has 0 radical (unpaired) electrons. The molecule has 0 fully saturated rings. The largest absolute Gasteiger partial charge is 0.451 e. The summed E-state index contributed by atoms with van der Waals surface area (Å²) in [6.07, 6.45) is 0. The maximum absolute atomic E-state index is 12.5. The molecule has 4 aromatic rings. The Balaban J connectivity index is 1.47. The summed E-state index contributed by atoms with van der Waals surface area (Å²) in [5.41, 5.74) is 2.43. The van der Waals surface area contributed by atoms with Crippen molar-refractivity contribution in [3.8, 4) is 0 Å². The van der Waals surface area contributed by atoms with E-state index in [0.29, 0.717) is 17.0 Å². The number of nitro benzene ring substituents is 1. The average molecular weight is 415 g/mol. The Morgan fingerprint density at radius 1 is 0.903 bits per heavy atom. The van der Waals surface area contributed by atoms with Gasteiger partial charge in [0, 0.05) is 34.5 Å². The number of para-hydroxylation sites is 1. The molecule has 0 saturated carbocycles. The molecule has 0 aliphatic rings. The molecule has 8 heteroatoms. The van der Waals surface area contributed by atoms with E-state index in [1.165, 1.54) is 24.3 Å². The first kappa shape index (κ1) is 19.8. The third-order valence-corrected chi connectivity index (χ3v) is 4.70. The summed E-state index contributed by atoms with van der Waals surface area (Å²) in [7, 11) is 0. The van der Waals surface area contributed by atoms with E-state index < -0.39 is 10.8 Å². The second kappa shape index (κ2) is 8.11. The quantitative estimate of drug-likeness (QED) is 0.345. The second-order valence-electron chi connectivity index (χ2n) is 6.89. The standard InChI is InChI=1S/C23H17N3O5/c1-14-11-17(24-22(27)16-6-4-7-18(12-16)26(29)30)9-10-19(14)25-23(28)21-13-15-5-2-3-8-20(15)31-21/h2-13H,1H3,(H,24,27)(H,25,28). The molecular formula is C23H17N3O5. The van der Waals surface area contributed by atoms with Crippen LogP contribution in [-0.4, -0.2) is 16.7 Å². The van der Waals surface area contributed by atoms with Crippen LogP contribution in [0.3, 0.4) is 0 Å². The molecule has 2 N–H and O–H groups in total. The van der Waals surface area contributed by atoms with Gasteiger partial charge in [0.25, 0.3) is 17.5 Å². The SMILES string of the molecule is Cc1cc(NC(=O)c2cccc([N+](=O)[O-])c2)ccc1NC(=O)c1cc2ccccc2o1. The van der Waals surface area contributed by atoms with Gasteiger partial charge in [-0.3, -0.25) is 19.7 Å². The Morgan fingerprint density at radius 2 is 1.71 bits per heavy atom. The first-order chi connectivity index (χ1) is 14.9. The molecule has 0 spiro atoms. The lowest BCUT2D eigenvalue weighted by atomic mass is 10.1. The van der Waals surface area contributed by atoms with Crippen LogP contribution in [0.25, 0.3) is 11.0 Å². The minimum atomic E-state index is -0.555. The number of nitro groups is 1. The number of nitrogens with zero attached hydrogens (tertiary/aromatic N) is 1. The highest BCUT2D eigenvalue weighted by molar-refractivity contribution is 6.06. The lowest BCUT2D eigenvalue weighted by molar-refractivity contribution is -0.384. The number of hydrogen-bond donors (Lipinski definition) is 2. The van der Waals surface area contributed by atoms with Crippen LogP contribution in [0.1, 0.15) is 26.5 Å². The molecule has 0 saturated heterocycles. The number of aryl methyl sites for hydroxylation is 1. The summed E-state index contributed by atoms with van der Waals surface area (Å²) < 4.78 is 5.58. The van der Waals surface area contributed by atoms with Gasteiger partial charge < -0.3 is 15.1 Å². The first-order valence-corrected chi connectivity index (χ1v) is 9.37. The van der Waals surface area contributed by atoms with E-state index >= 15 is 0 Å². The number of hydrogen-bond acceptors (Lipinski definition) is 5. The van der Waals surface area contributed by atoms with Crippen molar-refractivity contribution in [3.63, 3.8) is 0 Å². The first-order valence-electron chi connectivity index (χ1n) is 9.37. The number of nitrogens with one attached hydrogen (secondary N) is 2. The molecule has 1 heterocycles. The lowest BCUT2D eigenvalue weighted by Gasteiger charge is -2.10. The highest BCUT2D eigenvalue weighted by Gasteiger charge is 2.15. The van der Waals surface area contributed by atoms with Gasteiger partial charge in [0.05, 0.1) is 4.92 Å². The van der Waals surface area contributed by atoms with E-state index in [1.54, 1.807) is 37.3 Å². The molecule has 3 aromatic carbocycles. The number of carbonyl (C=O) groups is 2. The molecule has 2 amide bonds. The third kappa shape index (κ3) is 4.27. The Morgan fingerprint density at radius 3 is 2.45 bits per heavy atom. The highest BCUT2D eigenvalue weighted by atomic mass is 16.6. The fourth-order valence-electron chi connectivity index (χ4n) is 3.12. The van der Waals surface area contributed by atoms with Gasteiger partial charge in [-0.25, -0.2) is 0 Å². The average Bonchev–Trinajstić information content (AvgIpc) is 3.20. The predicted octanol–water partition coefficient (Wildman–Crippen LogP) is 5.15.